The molecule has 0 saturated carbocycles. The average Bonchev–Trinajstić information content (AvgIpc) is 2.48. The van der Waals surface area contributed by atoms with Crippen molar-refractivity contribution >= 4 is 40.3 Å². The number of nitrogens with zero attached hydrogens (tertiary/aromatic N) is 2. The summed E-state index contributed by atoms with van der Waals surface area (Å²) in [5, 5.41) is 0.730. The average molecular weight is 307 g/mol. The van der Waals surface area contributed by atoms with Gasteiger partial charge in [-0.3, -0.25) is 0 Å². The van der Waals surface area contributed by atoms with Gasteiger partial charge in [0, 0.05) is 36.7 Å². The molecule has 0 spiro atoms. The number of benzene rings is 2. The SMILES string of the molecule is CN1CCN(c2ccc(CCl)c(Cl)c2)c2ccccc21. The van der Waals surface area contributed by atoms with E-state index in [1.165, 1.54) is 11.4 Å². The number of hydrogen-bond acceptors (Lipinski definition) is 2. The highest BCUT2D eigenvalue weighted by molar-refractivity contribution is 6.32. The lowest BCUT2D eigenvalue weighted by Crippen LogP contribution is -2.36. The summed E-state index contributed by atoms with van der Waals surface area (Å²) < 4.78 is 0. The number of halogens is 2. The first kappa shape index (κ1) is 13.6. The van der Waals surface area contributed by atoms with E-state index in [4.69, 9.17) is 23.2 Å². The van der Waals surface area contributed by atoms with Crippen LogP contribution in [0.5, 0.6) is 0 Å². The fourth-order valence-electron chi connectivity index (χ4n) is 2.59. The third kappa shape index (κ3) is 2.34. The highest BCUT2D eigenvalue weighted by Gasteiger charge is 2.21. The zero-order chi connectivity index (χ0) is 14.1. The molecule has 0 N–H and O–H groups in total. The van der Waals surface area contributed by atoms with Crippen molar-refractivity contribution in [2.45, 2.75) is 5.88 Å². The topological polar surface area (TPSA) is 6.48 Å². The molecule has 2 aromatic rings. The molecule has 2 aromatic carbocycles. The Hall–Kier alpha value is -1.38. The Labute approximate surface area is 129 Å². The maximum absolute atomic E-state index is 6.28. The maximum atomic E-state index is 6.28. The number of hydrogen-bond donors (Lipinski definition) is 0. The number of rotatable bonds is 2. The minimum Gasteiger partial charge on any atom is -0.371 e. The predicted octanol–water partition coefficient (Wildman–Crippen LogP) is 4.67. The molecule has 0 saturated heterocycles. The molecule has 3 rings (SSSR count). The van der Waals surface area contributed by atoms with Gasteiger partial charge in [0.25, 0.3) is 0 Å². The molecule has 0 aliphatic carbocycles. The third-order valence-electron chi connectivity index (χ3n) is 3.74. The molecule has 20 heavy (non-hydrogen) atoms. The largest absolute Gasteiger partial charge is 0.371 e. The summed E-state index contributed by atoms with van der Waals surface area (Å²) in [6.45, 7) is 1.94. The van der Waals surface area contributed by atoms with Crippen LogP contribution < -0.4 is 9.80 Å². The lowest BCUT2D eigenvalue weighted by atomic mass is 10.1. The molecule has 0 atom stereocenters. The Morgan fingerprint density at radius 2 is 1.80 bits per heavy atom. The maximum Gasteiger partial charge on any atom is 0.0649 e. The van der Waals surface area contributed by atoms with E-state index in [0.29, 0.717) is 5.88 Å². The Morgan fingerprint density at radius 1 is 1.05 bits per heavy atom. The van der Waals surface area contributed by atoms with Crippen molar-refractivity contribution in [3.05, 3.63) is 53.1 Å². The van der Waals surface area contributed by atoms with Gasteiger partial charge in [-0.25, -0.2) is 0 Å². The van der Waals surface area contributed by atoms with Gasteiger partial charge in [-0.1, -0.05) is 29.8 Å². The van der Waals surface area contributed by atoms with E-state index in [1.54, 1.807) is 0 Å². The highest BCUT2D eigenvalue weighted by atomic mass is 35.5. The number of likely N-dealkylation sites (N-methyl/N-ethyl adjacent to an activating group) is 1. The first-order valence-corrected chi connectivity index (χ1v) is 7.54. The smallest absolute Gasteiger partial charge is 0.0649 e. The van der Waals surface area contributed by atoms with Crippen molar-refractivity contribution in [2.75, 3.05) is 29.9 Å². The van der Waals surface area contributed by atoms with Gasteiger partial charge in [-0.15, -0.1) is 11.6 Å². The monoisotopic (exact) mass is 306 g/mol. The van der Waals surface area contributed by atoms with Gasteiger partial charge in [0.1, 0.15) is 0 Å². The molecule has 0 radical (unpaired) electrons. The molecule has 2 nitrogen and oxygen atoms in total. The molecular formula is C16H16Cl2N2. The van der Waals surface area contributed by atoms with Gasteiger partial charge in [0.15, 0.2) is 0 Å². The van der Waals surface area contributed by atoms with Crippen molar-refractivity contribution < 1.29 is 0 Å². The highest BCUT2D eigenvalue weighted by Crippen LogP contribution is 2.38. The third-order valence-corrected chi connectivity index (χ3v) is 4.37. The van der Waals surface area contributed by atoms with Crippen molar-refractivity contribution in [3.8, 4) is 0 Å². The van der Waals surface area contributed by atoms with E-state index >= 15 is 0 Å². The van der Waals surface area contributed by atoms with Crippen LogP contribution in [0.3, 0.4) is 0 Å². The van der Waals surface area contributed by atoms with Crippen molar-refractivity contribution in [1.29, 1.82) is 0 Å². The summed E-state index contributed by atoms with van der Waals surface area (Å²) in [5.74, 6) is 0.443. The van der Waals surface area contributed by atoms with Crippen LogP contribution in [0.15, 0.2) is 42.5 Å². The molecule has 4 heteroatoms. The fourth-order valence-corrected chi connectivity index (χ4v) is 3.13. The molecule has 0 amide bonds. The summed E-state index contributed by atoms with van der Waals surface area (Å²) in [6, 6.07) is 14.5. The van der Waals surface area contributed by atoms with Gasteiger partial charge >= 0.3 is 0 Å². The molecule has 0 unspecified atom stereocenters. The second-order valence-corrected chi connectivity index (χ2v) is 5.65. The first-order chi connectivity index (χ1) is 9.70. The van der Waals surface area contributed by atoms with E-state index in [0.717, 1.165) is 29.4 Å². The molecule has 0 bridgehead atoms. The number of para-hydroxylation sites is 2. The van der Waals surface area contributed by atoms with Crippen LogP contribution in [0.2, 0.25) is 5.02 Å². The van der Waals surface area contributed by atoms with E-state index in [2.05, 4.69) is 47.2 Å². The lowest BCUT2D eigenvalue weighted by Gasteiger charge is -2.37. The normalized spacial score (nSPS) is 14.3. The molecule has 1 aliphatic rings. The summed E-state index contributed by atoms with van der Waals surface area (Å²) in [4.78, 5) is 4.58. The molecular weight excluding hydrogens is 291 g/mol. The Morgan fingerprint density at radius 3 is 2.50 bits per heavy atom. The van der Waals surface area contributed by atoms with Crippen LogP contribution in [0, 0.1) is 0 Å². The van der Waals surface area contributed by atoms with Gasteiger partial charge in [-0.2, -0.15) is 0 Å². The Balaban J connectivity index is 2.03. The van der Waals surface area contributed by atoms with Crippen LogP contribution >= 0.6 is 23.2 Å². The second-order valence-electron chi connectivity index (χ2n) is 4.97. The quantitative estimate of drug-likeness (QED) is 0.744. The summed E-state index contributed by atoms with van der Waals surface area (Å²) in [5.41, 5.74) is 4.55. The Kier molecular flexibility index (Phi) is 3.77. The first-order valence-electron chi connectivity index (χ1n) is 6.63. The van der Waals surface area contributed by atoms with E-state index in [1.807, 2.05) is 12.1 Å². The number of anilines is 3. The molecule has 1 aliphatic heterocycles. The molecule has 104 valence electrons. The second kappa shape index (κ2) is 5.55. The van der Waals surface area contributed by atoms with Crippen LogP contribution in [0.25, 0.3) is 0 Å². The summed E-state index contributed by atoms with van der Waals surface area (Å²) in [7, 11) is 2.12. The predicted molar refractivity (Wildman–Crippen MR) is 87.7 cm³/mol. The molecule has 0 aromatic heterocycles. The number of fused-ring (bicyclic) bond motifs is 1. The van der Waals surface area contributed by atoms with Crippen LogP contribution in [-0.2, 0) is 5.88 Å². The van der Waals surface area contributed by atoms with Crippen molar-refractivity contribution in [3.63, 3.8) is 0 Å². The zero-order valence-corrected chi connectivity index (χ0v) is 12.8. The Bertz CT molecular complexity index is 628. The molecule has 1 heterocycles. The van der Waals surface area contributed by atoms with E-state index in [-0.39, 0.29) is 0 Å². The number of alkyl halides is 1. The van der Waals surface area contributed by atoms with E-state index in [9.17, 15) is 0 Å². The van der Waals surface area contributed by atoms with Gasteiger partial charge < -0.3 is 9.80 Å². The lowest BCUT2D eigenvalue weighted by molar-refractivity contribution is 0.822. The van der Waals surface area contributed by atoms with Crippen LogP contribution in [-0.4, -0.2) is 20.1 Å². The van der Waals surface area contributed by atoms with Crippen molar-refractivity contribution in [2.24, 2.45) is 0 Å². The molecule has 0 fully saturated rings. The van der Waals surface area contributed by atoms with Crippen molar-refractivity contribution in [1.82, 2.24) is 0 Å². The van der Waals surface area contributed by atoms with Gasteiger partial charge in [0.05, 0.1) is 11.4 Å². The van der Waals surface area contributed by atoms with Gasteiger partial charge in [0.2, 0.25) is 0 Å². The standard InChI is InChI=1S/C16H16Cl2N2/c1-19-8-9-20(16-5-3-2-4-15(16)19)13-7-6-12(11-17)14(18)10-13/h2-7,10H,8-9,11H2,1H3. The minimum atomic E-state index is 0.443. The fraction of sp³-hybridized carbons (Fsp3) is 0.250. The minimum absolute atomic E-state index is 0.443. The summed E-state index contributed by atoms with van der Waals surface area (Å²) in [6.07, 6.45) is 0. The zero-order valence-electron chi connectivity index (χ0n) is 11.3. The summed E-state index contributed by atoms with van der Waals surface area (Å²) >= 11 is 12.1. The van der Waals surface area contributed by atoms with E-state index < -0.39 is 0 Å². The van der Waals surface area contributed by atoms with Crippen LogP contribution in [0.1, 0.15) is 5.56 Å². The van der Waals surface area contributed by atoms with Crippen LogP contribution in [0.4, 0.5) is 17.1 Å². The van der Waals surface area contributed by atoms with Gasteiger partial charge in [-0.05, 0) is 29.8 Å².